The summed E-state index contributed by atoms with van der Waals surface area (Å²) < 4.78 is 0. The number of anilines is 1. The standard InChI is InChI=1S/C11H12N2O5/c1-7-8(3-2-4-9(7)13(17)18)12-10(14)5-6-11(15)16/h2-4H,5-6H2,1H3,(H,12,14)(H,15,16). The highest BCUT2D eigenvalue weighted by molar-refractivity contribution is 5.93. The molecule has 0 radical (unpaired) electrons. The molecule has 0 aromatic heterocycles. The summed E-state index contributed by atoms with van der Waals surface area (Å²) in [5, 5.41) is 21.6. The molecule has 2 N–H and O–H groups in total. The molecule has 1 rings (SSSR count). The summed E-state index contributed by atoms with van der Waals surface area (Å²) in [7, 11) is 0. The lowest BCUT2D eigenvalue weighted by Gasteiger charge is -2.07. The third kappa shape index (κ3) is 3.55. The average molecular weight is 252 g/mol. The van der Waals surface area contributed by atoms with Gasteiger partial charge in [0.1, 0.15) is 0 Å². The van der Waals surface area contributed by atoms with Crippen LogP contribution in [0.2, 0.25) is 0 Å². The van der Waals surface area contributed by atoms with Gasteiger partial charge in [-0.05, 0) is 13.0 Å². The van der Waals surface area contributed by atoms with E-state index in [1.54, 1.807) is 0 Å². The quantitative estimate of drug-likeness (QED) is 0.612. The molecule has 0 heterocycles. The average Bonchev–Trinajstić information content (AvgIpc) is 2.29. The first-order chi connectivity index (χ1) is 8.41. The third-order valence-corrected chi connectivity index (χ3v) is 2.34. The number of hydrogen-bond donors (Lipinski definition) is 2. The Kier molecular flexibility index (Phi) is 4.36. The van der Waals surface area contributed by atoms with Crippen molar-refractivity contribution in [1.29, 1.82) is 0 Å². The van der Waals surface area contributed by atoms with Gasteiger partial charge in [0.15, 0.2) is 0 Å². The van der Waals surface area contributed by atoms with Gasteiger partial charge in [-0.3, -0.25) is 19.7 Å². The van der Waals surface area contributed by atoms with E-state index in [4.69, 9.17) is 5.11 Å². The fourth-order valence-electron chi connectivity index (χ4n) is 1.39. The minimum Gasteiger partial charge on any atom is -0.481 e. The summed E-state index contributed by atoms with van der Waals surface area (Å²) in [4.78, 5) is 31.9. The Bertz CT molecular complexity index is 498. The van der Waals surface area contributed by atoms with Crippen molar-refractivity contribution in [2.75, 3.05) is 5.32 Å². The second kappa shape index (κ2) is 5.76. The number of nitrogens with one attached hydrogen (secondary N) is 1. The largest absolute Gasteiger partial charge is 0.481 e. The lowest BCUT2D eigenvalue weighted by Crippen LogP contribution is -2.14. The summed E-state index contributed by atoms with van der Waals surface area (Å²) in [6, 6.07) is 4.32. The maximum atomic E-state index is 11.4. The van der Waals surface area contributed by atoms with E-state index in [0.717, 1.165) is 0 Å². The Balaban J connectivity index is 2.79. The van der Waals surface area contributed by atoms with E-state index in [2.05, 4.69) is 5.32 Å². The molecule has 0 aliphatic carbocycles. The number of carbonyl (C=O) groups is 2. The van der Waals surface area contributed by atoms with E-state index in [0.29, 0.717) is 11.3 Å². The van der Waals surface area contributed by atoms with Crippen molar-refractivity contribution >= 4 is 23.3 Å². The van der Waals surface area contributed by atoms with Crippen LogP contribution in [0.25, 0.3) is 0 Å². The molecular weight excluding hydrogens is 240 g/mol. The lowest BCUT2D eigenvalue weighted by atomic mass is 10.1. The molecule has 7 heteroatoms. The van der Waals surface area contributed by atoms with E-state index in [1.165, 1.54) is 25.1 Å². The first-order valence-electron chi connectivity index (χ1n) is 5.17. The lowest BCUT2D eigenvalue weighted by molar-refractivity contribution is -0.385. The number of nitro benzene ring substituents is 1. The van der Waals surface area contributed by atoms with Crippen molar-refractivity contribution < 1.29 is 19.6 Å². The zero-order chi connectivity index (χ0) is 13.7. The molecule has 7 nitrogen and oxygen atoms in total. The van der Waals surface area contributed by atoms with Gasteiger partial charge in [0.2, 0.25) is 5.91 Å². The van der Waals surface area contributed by atoms with Crippen molar-refractivity contribution in [1.82, 2.24) is 0 Å². The Morgan fingerprint density at radius 1 is 1.39 bits per heavy atom. The predicted octanol–water partition coefficient (Wildman–Crippen LogP) is 1.71. The topological polar surface area (TPSA) is 110 Å². The minimum absolute atomic E-state index is 0.0916. The van der Waals surface area contributed by atoms with E-state index >= 15 is 0 Å². The molecule has 18 heavy (non-hydrogen) atoms. The molecule has 0 aliphatic rings. The molecule has 0 atom stereocenters. The molecule has 0 bridgehead atoms. The predicted molar refractivity (Wildman–Crippen MR) is 63.3 cm³/mol. The van der Waals surface area contributed by atoms with Crippen LogP contribution in [0.15, 0.2) is 18.2 Å². The summed E-state index contributed by atoms with van der Waals surface area (Å²) >= 11 is 0. The molecule has 1 aromatic carbocycles. The SMILES string of the molecule is Cc1c(NC(=O)CCC(=O)O)cccc1[N+](=O)[O-]. The van der Waals surface area contributed by atoms with E-state index in [9.17, 15) is 19.7 Å². The number of rotatable bonds is 5. The molecular formula is C11H12N2O5. The van der Waals surface area contributed by atoms with Crippen LogP contribution in [-0.2, 0) is 9.59 Å². The van der Waals surface area contributed by atoms with Crippen LogP contribution in [0, 0.1) is 17.0 Å². The van der Waals surface area contributed by atoms with Crippen molar-refractivity contribution in [2.24, 2.45) is 0 Å². The molecule has 0 unspecified atom stereocenters. The minimum atomic E-state index is -1.07. The van der Waals surface area contributed by atoms with Gasteiger partial charge in [-0.1, -0.05) is 6.07 Å². The maximum Gasteiger partial charge on any atom is 0.303 e. The molecule has 1 amide bonds. The normalized spacial score (nSPS) is 9.83. The molecule has 0 spiro atoms. The summed E-state index contributed by atoms with van der Waals surface area (Å²) in [5.74, 6) is -1.55. The number of aliphatic carboxylic acids is 1. The van der Waals surface area contributed by atoms with Gasteiger partial charge in [-0.2, -0.15) is 0 Å². The van der Waals surface area contributed by atoms with Crippen LogP contribution >= 0.6 is 0 Å². The number of carboxylic acid groups (broad SMARTS) is 1. The molecule has 0 aliphatic heterocycles. The van der Waals surface area contributed by atoms with E-state index in [1.807, 2.05) is 0 Å². The molecule has 0 saturated carbocycles. The van der Waals surface area contributed by atoms with Crippen molar-refractivity contribution in [2.45, 2.75) is 19.8 Å². The summed E-state index contributed by atoms with van der Waals surface area (Å²) in [6.07, 6.45) is -0.447. The second-order valence-electron chi connectivity index (χ2n) is 3.65. The number of carboxylic acids is 1. The highest BCUT2D eigenvalue weighted by Gasteiger charge is 2.14. The number of nitrogens with zero attached hydrogens (tertiary/aromatic N) is 1. The van der Waals surface area contributed by atoms with Gasteiger partial charge < -0.3 is 10.4 Å². The number of carbonyl (C=O) groups excluding carboxylic acids is 1. The van der Waals surface area contributed by atoms with Gasteiger partial charge in [0.05, 0.1) is 22.6 Å². The van der Waals surface area contributed by atoms with Gasteiger partial charge in [-0.25, -0.2) is 0 Å². The van der Waals surface area contributed by atoms with Crippen molar-refractivity contribution in [3.05, 3.63) is 33.9 Å². The van der Waals surface area contributed by atoms with E-state index in [-0.39, 0.29) is 18.5 Å². The number of nitro groups is 1. The van der Waals surface area contributed by atoms with Gasteiger partial charge in [0, 0.05) is 12.5 Å². The van der Waals surface area contributed by atoms with Crippen LogP contribution in [0.4, 0.5) is 11.4 Å². The first kappa shape index (κ1) is 13.6. The van der Waals surface area contributed by atoms with Crippen LogP contribution in [-0.4, -0.2) is 21.9 Å². The van der Waals surface area contributed by atoms with Gasteiger partial charge in [-0.15, -0.1) is 0 Å². The Hall–Kier alpha value is -2.44. The first-order valence-corrected chi connectivity index (χ1v) is 5.17. The van der Waals surface area contributed by atoms with Crippen LogP contribution in [0.5, 0.6) is 0 Å². The third-order valence-electron chi connectivity index (χ3n) is 2.34. The fourth-order valence-corrected chi connectivity index (χ4v) is 1.39. The zero-order valence-corrected chi connectivity index (χ0v) is 9.67. The highest BCUT2D eigenvalue weighted by Crippen LogP contribution is 2.25. The van der Waals surface area contributed by atoms with Crippen LogP contribution in [0.3, 0.4) is 0 Å². The summed E-state index contributed by atoms with van der Waals surface area (Å²) in [6.45, 7) is 1.52. The summed E-state index contributed by atoms with van der Waals surface area (Å²) in [5.41, 5.74) is 0.566. The highest BCUT2D eigenvalue weighted by atomic mass is 16.6. The Labute approximate surface area is 103 Å². The number of amides is 1. The van der Waals surface area contributed by atoms with Gasteiger partial charge in [0.25, 0.3) is 5.69 Å². The van der Waals surface area contributed by atoms with Crippen molar-refractivity contribution in [3.63, 3.8) is 0 Å². The van der Waals surface area contributed by atoms with Crippen molar-refractivity contribution in [3.8, 4) is 0 Å². The molecule has 0 fully saturated rings. The monoisotopic (exact) mass is 252 g/mol. The Morgan fingerprint density at radius 3 is 2.61 bits per heavy atom. The second-order valence-corrected chi connectivity index (χ2v) is 3.65. The Morgan fingerprint density at radius 2 is 2.06 bits per heavy atom. The molecule has 0 saturated heterocycles. The smallest absolute Gasteiger partial charge is 0.303 e. The van der Waals surface area contributed by atoms with Crippen LogP contribution in [0.1, 0.15) is 18.4 Å². The van der Waals surface area contributed by atoms with Gasteiger partial charge >= 0.3 is 5.97 Å². The molecule has 1 aromatic rings. The number of hydrogen-bond acceptors (Lipinski definition) is 4. The van der Waals surface area contributed by atoms with E-state index < -0.39 is 16.8 Å². The van der Waals surface area contributed by atoms with Crippen LogP contribution < -0.4 is 5.32 Å². The fraction of sp³-hybridized carbons (Fsp3) is 0.273. The number of benzene rings is 1. The maximum absolute atomic E-state index is 11.4. The zero-order valence-electron chi connectivity index (χ0n) is 9.67. The molecule has 96 valence electrons.